The summed E-state index contributed by atoms with van der Waals surface area (Å²) in [5, 5.41) is 0. The zero-order chi connectivity index (χ0) is 8.31. The van der Waals surface area contributed by atoms with Gasteiger partial charge in [0, 0.05) is 5.92 Å². The minimum Gasteiger partial charge on any atom is -0.300 e. The first kappa shape index (κ1) is 10.2. The molecule has 0 N–H and O–H groups in total. The molecule has 0 spiro atoms. The van der Waals surface area contributed by atoms with Crippen molar-refractivity contribution in [2.24, 2.45) is 11.8 Å². The van der Waals surface area contributed by atoms with Crippen LogP contribution in [0.2, 0.25) is 0 Å². The summed E-state index contributed by atoms with van der Waals surface area (Å²) in [4.78, 5) is 10.3. The van der Waals surface area contributed by atoms with Crippen LogP contribution in [-0.2, 0) is 4.79 Å². The van der Waals surface area contributed by atoms with Crippen LogP contribution in [-0.4, -0.2) is 10.6 Å². The molecule has 60 valence electrons. The molecule has 0 aromatic heterocycles. The highest BCUT2D eigenvalue weighted by molar-refractivity contribution is 6.45. The SMILES string of the molecule is CC(=O)C(C(C)C)C(Cl)Cl. The second-order valence-electron chi connectivity index (χ2n) is 2.71. The molecule has 0 rings (SSSR count). The molecule has 0 aliphatic carbocycles. The van der Waals surface area contributed by atoms with Crippen LogP contribution in [0.1, 0.15) is 20.8 Å². The van der Waals surface area contributed by atoms with Crippen molar-refractivity contribution in [2.45, 2.75) is 25.6 Å². The van der Waals surface area contributed by atoms with Gasteiger partial charge in [0.2, 0.25) is 0 Å². The molecule has 0 amide bonds. The Labute approximate surface area is 71.7 Å². The Morgan fingerprint density at radius 1 is 1.30 bits per heavy atom. The summed E-state index contributed by atoms with van der Waals surface area (Å²) in [5.41, 5.74) is 0. The third-order valence-corrected chi connectivity index (χ3v) is 2.00. The largest absolute Gasteiger partial charge is 0.300 e. The molecule has 3 heteroatoms. The van der Waals surface area contributed by atoms with Gasteiger partial charge in [-0.05, 0) is 12.8 Å². The van der Waals surface area contributed by atoms with E-state index in [-0.39, 0.29) is 17.6 Å². The number of ketones is 1. The monoisotopic (exact) mass is 182 g/mol. The molecule has 0 fully saturated rings. The van der Waals surface area contributed by atoms with Crippen LogP contribution >= 0.6 is 23.2 Å². The van der Waals surface area contributed by atoms with Crippen molar-refractivity contribution in [1.82, 2.24) is 0 Å². The predicted octanol–water partition coefficient (Wildman–Crippen LogP) is 2.65. The van der Waals surface area contributed by atoms with Gasteiger partial charge in [-0.15, -0.1) is 23.2 Å². The van der Waals surface area contributed by atoms with E-state index >= 15 is 0 Å². The van der Waals surface area contributed by atoms with Gasteiger partial charge >= 0.3 is 0 Å². The van der Waals surface area contributed by atoms with E-state index in [9.17, 15) is 4.79 Å². The molecular formula is C7H12Cl2O. The molecular weight excluding hydrogens is 171 g/mol. The van der Waals surface area contributed by atoms with Crippen LogP contribution in [0.25, 0.3) is 0 Å². The van der Waals surface area contributed by atoms with Gasteiger partial charge in [-0.25, -0.2) is 0 Å². The molecule has 0 saturated carbocycles. The summed E-state index contributed by atoms with van der Waals surface area (Å²) >= 11 is 11.2. The normalized spacial score (nSPS) is 14.3. The molecule has 1 nitrogen and oxygen atoms in total. The first-order valence-corrected chi connectivity index (χ1v) is 4.12. The summed E-state index contributed by atoms with van der Waals surface area (Å²) in [6.45, 7) is 5.38. The Hall–Kier alpha value is 0.250. The van der Waals surface area contributed by atoms with Gasteiger partial charge in [0.1, 0.15) is 10.6 Å². The zero-order valence-electron chi connectivity index (χ0n) is 6.40. The van der Waals surface area contributed by atoms with E-state index in [1.165, 1.54) is 6.92 Å². The topological polar surface area (TPSA) is 17.1 Å². The Balaban J connectivity index is 4.12. The van der Waals surface area contributed by atoms with Crippen LogP contribution in [0.15, 0.2) is 0 Å². The van der Waals surface area contributed by atoms with Crippen molar-refractivity contribution in [3.63, 3.8) is 0 Å². The number of alkyl halides is 2. The van der Waals surface area contributed by atoms with Crippen LogP contribution in [0, 0.1) is 11.8 Å². The molecule has 0 heterocycles. The van der Waals surface area contributed by atoms with E-state index in [2.05, 4.69) is 0 Å². The van der Waals surface area contributed by atoms with E-state index in [4.69, 9.17) is 23.2 Å². The van der Waals surface area contributed by atoms with Gasteiger partial charge in [0.15, 0.2) is 0 Å². The van der Waals surface area contributed by atoms with Crippen molar-refractivity contribution in [1.29, 1.82) is 0 Å². The van der Waals surface area contributed by atoms with Gasteiger partial charge in [-0.3, -0.25) is 4.79 Å². The van der Waals surface area contributed by atoms with Crippen molar-refractivity contribution < 1.29 is 4.79 Å². The third kappa shape index (κ3) is 2.89. The molecule has 0 bridgehead atoms. The number of rotatable bonds is 3. The standard InChI is InChI=1S/C7H12Cl2O/c1-4(2)6(5(3)10)7(8)9/h4,6-7H,1-3H3. The van der Waals surface area contributed by atoms with E-state index in [0.717, 1.165) is 0 Å². The lowest BCUT2D eigenvalue weighted by molar-refractivity contribution is -0.121. The second kappa shape index (κ2) is 4.20. The molecule has 1 unspecified atom stereocenters. The van der Waals surface area contributed by atoms with Crippen LogP contribution in [0.4, 0.5) is 0 Å². The lowest BCUT2D eigenvalue weighted by atomic mass is 9.94. The number of hydrogen-bond acceptors (Lipinski definition) is 1. The number of carbonyl (C=O) groups is 1. The van der Waals surface area contributed by atoms with Crippen LogP contribution in [0.5, 0.6) is 0 Å². The molecule has 0 aromatic rings. The smallest absolute Gasteiger partial charge is 0.135 e. The Morgan fingerprint density at radius 2 is 1.70 bits per heavy atom. The summed E-state index contributed by atoms with van der Waals surface area (Å²) in [6, 6.07) is 0. The average molecular weight is 183 g/mol. The quantitative estimate of drug-likeness (QED) is 0.614. The predicted molar refractivity (Wildman–Crippen MR) is 44.5 cm³/mol. The van der Waals surface area contributed by atoms with Gasteiger partial charge in [-0.2, -0.15) is 0 Å². The summed E-state index contributed by atoms with van der Waals surface area (Å²) in [6.07, 6.45) is 0. The highest BCUT2D eigenvalue weighted by Crippen LogP contribution is 2.23. The number of carbonyl (C=O) groups excluding carboxylic acids is 1. The Kier molecular flexibility index (Phi) is 4.30. The van der Waals surface area contributed by atoms with E-state index in [1.54, 1.807) is 0 Å². The number of Topliss-reactive ketones (excluding diaryl/α,β-unsaturated/α-hetero) is 1. The fourth-order valence-electron chi connectivity index (χ4n) is 0.938. The van der Waals surface area contributed by atoms with Gasteiger partial charge in [0.25, 0.3) is 0 Å². The van der Waals surface area contributed by atoms with Crippen molar-refractivity contribution in [3.05, 3.63) is 0 Å². The van der Waals surface area contributed by atoms with E-state index in [1.807, 2.05) is 13.8 Å². The first-order valence-electron chi connectivity index (χ1n) is 3.25. The van der Waals surface area contributed by atoms with E-state index in [0.29, 0.717) is 0 Å². The summed E-state index contributed by atoms with van der Waals surface area (Å²) in [5.74, 6) is 0.0610. The maximum absolute atomic E-state index is 10.9. The number of hydrogen-bond donors (Lipinski definition) is 0. The summed E-state index contributed by atoms with van der Waals surface area (Å²) < 4.78 is 0. The van der Waals surface area contributed by atoms with E-state index < -0.39 is 4.84 Å². The fourth-order valence-corrected chi connectivity index (χ4v) is 1.87. The van der Waals surface area contributed by atoms with Gasteiger partial charge in [0.05, 0.1) is 0 Å². The van der Waals surface area contributed by atoms with Crippen molar-refractivity contribution in [2.75, 3.05) is 0 Å². The van der Waals surface area contributed by atoms with Crippen LogP contribution < -0.4 is 0 Å². The first-order chi connectivity index (χ1) is 4.46. The molecule has 0 saturated heterocycles. The van der Waals surface area contributed by atoms with Crippen molar-refractivity contribution in [3.8, 4) is 0 Å². The molecule has 1 atom stereocenters. The Bertz CT molecular complexity index is 113. The molecule has 0 aromatic carbocycles. The van der Waals surface area contributed by atoms with Crippen LogP contribution in [0.3, 0.4) is 0 Å². The highest BCUT2D eigenvalue weighted by Gasteiger charge is 2.24. The minimum atomic E-state index is -0.572. The molecule has 0 aliphatic rings. The lowest BCUT2D eigenvalue weighted by Crippen LogP contribution is -2.23. The third-order valence-electron chi connectivity index (χ3n) is 1.46. The average Bonchev–Trinajstić information content (AvgIpc) is 1.59. The lowest BCUT2D eigenvalue weighted by Gasteiger charge is -2.17. The zero-order valence-corrected chi connectivity index (χ0v) is 7.91. The second-order valence-corrected chi connectivity index (χ2v) is 3.88. The fraction of sp³-hybridized carbons (Fsp3) is 0.857. The van der Waals surface area contributed by atoms with Gasteiger partial charge < -0.3 is 0 Å². The maximum Gasteiger partial charge on any atom is 0.135 e. The minimum absolute atomic E-state index is 0.0602. The van der Waals surface area contributed by atoms with Crippen molar-refractivity contribution >= 4 is 29.0 Å². The Morgan fingerprint density at radius 3 is 1.70 bits per heavy atom. The number of halogens is 2. The summed E-state index contributed by atoms with van der Waals surface area (Å²) in [7, 11) is 0. The molecule has 0 radical (unpaired) electrons. The maximum atomic E-state index is 10.9. The van der Waals surface area contributed by atoms with Gasteiger partial charge in [-0.1, -0.05) is 13.8 Å². The molecule has 10 heavy (non-hydrogen) atoms. The molecule has 0 aliphatic heterocycles. The highest BCUT2D eigenvalue weighted by atomic mass is 35.5.